The Morgan fingerprint density at radius 1 is 0.857 bits per heavy atom. The van der Waals surface area contributed by atoms with Crippen LogP contribution in [0, 0.1) is 13.8 Å². The molecule has 1 aromatic carbocycles. The number of benzene rings is 1. The van der Waals surface area contributed by atoms with Crippen LogP contribution >= 0.6 is 0 Å². The molecule has 1 nitrogen and oxygen atoms in total. The highest BCUT2D eigenvalue weighted by atomic mass is 14.6. The molecule has 1 heteroatoms. The Kier molecular flexibility index (Phi) is 2.32. The lowest BCUT2D eigenvalue weighted by Gasteiger charge is -2.08. The molecule has 0 N–H and O–H groups in total. The predicted molar refractivity (Wildman–Crippen MR) is 59.1 cm³/mol. The Labute approximate surface area is 84.4 Å². The van der Waals surface area contributed by atoms with Crippen molar-refractivity contribution in [3.8, 4) is 11.1 Å². The van der Waals surface area contributed by atoms with Gasteiger partial charge in [-0.1, -0.05) is 30.3 Å². The summed E-state index contributed by atoms with van der Waals surface area (Å²) in [7, 11) is 0. The number of aromatic nitrogens is 1. The van der Waals surface area contributed by atoms with Crippen LogP contribution in [0.1, 0.15) is 11.1 Å². The van der Waals surface area contributed by atoms with Crippen molar-refractivity contribution in [3.63, 3.8) is 0 Å². The smallest absolute Gasteiger partial charge is 0.0303 e. The first-order valence-electron chi connectivity index (χ1n) is 4.75. The van der Waals surface area contributed by atoms with Crippen LogP contribution < -0.4 is 0 Å². The topological polar surface area (TPSA) is 12.9 Å². The highest BCUT2D eigenvalue weighted by Gasteiger charge is 2.03. The lowest BCUT2D eigenvalue weighted by Crippen LogP contribution is -1.89. The summed E-state index contributed by atoms with van der Waals surface area (Å²) in [5.41, 5.74) is 5.04. The van der Waals surface area contributed by atoms with Gasteiger partial charge in [-0.2, -0.15) is 0 Å². The lowest BCUT2D eigenvalue weighted by atomic mass is 9.98. The molecule has 0 saturated carbocycles. The quantitative estimate of drug-likeness (QED) is 0.660. The molecule has 1 aromatic heterocycles. The van der Waals surface area contributed by atoms with Crippen LogP contribution in [0.4, 0.5) is 0 Å². The van der Waals surface area contributed by atoms with Gasteiger partial charge in [0.2, 0.25) is 0 Å². The lowest BCUT2D eigenvalue weighted by molar-refractivity contribution is 1.22. The Hall–Kier alpha value is -1.63. The highest BCUT2D eigenvalue weighted by Crippen LogP contribution is 2.25. The summed E-state index contributed by atoms with van der Waals surface area (Å²) in [5, 5.41) is 0. The van der Waals surface area contributed by atoms with E-state index in [1.807, 2.05) is 18.5 Å². The maximum atomic E-state index is 4.17. The predicted octanol–water partition coefficient (Wildman–Crippen LogP) is 3.37. The third-order valence-corrected chi connectivity index (χ3v) is 2.39. The van der Waals surface area contributed by atoms with E-state index in [4.69, 9.17) is 0 Å². The number of nitrogens with zero attached hydrogens (tertiary/aromatic N) is 1. The summed E-state index contributed by atoms with van der Waals surface area (Å²) in [4.78, 5) is 4.17. The van der Waals surface area contributed by atoms with Gasteiger partial charge in [-0.3, -0.25) is 4.98 Å². The minimum Gasteiger partial charge on any atom is -0.264 e. The zero-order valence-corrected chi connectivity index (χ0v) is 8.49. The van der Waals surface area contributed by atoms with Crippen LogP contribution in [-0.4, -0.2) is 4.98 Å². The van der Waals surface area contributed by atoms with E-state index in [0.717, 1.165) is 0 Å². The molecule has 2 aromatic rings. The Morgan fingerprint density at radius 2 is 1.43 bits per heavy atom. The van der Waals surface area contributed by atoms with Gasteiger partial charge in [-0.05, 0) is 36.1 Å². The molecular formula is C13H13N. The molecule has 0 saturated heterocycles. The average molecular weight is 183 g/mol. The molecule has 70 valence electrons. The fraction of sp³-hybridized carbons (Fsp3) is 0.154. The molecule has 0 radical (unpaired) electrons. The van der Waals surface area contributed by atoms with E-state index >= 15 is 0 Å². The molecule has 0 bridgehead atoms. The molecule has 2 rings (SSSR count). The number of hydrogen-bond acceptors (Lipinski definition) is 1. The van der Waals surface area contributed by atoms with Crippen molar-refractivity contribution in [1.82, 2.24) is 4.98 Å². The van der Waals surface area contributed by atoms with Gasteiger partial charge in [0.15, 0.2) is 0 Å². The third kappa shape index (κ3) is 1.53. The Bertz CT molecular complexity index is 412. The van der Waals surface area contributed by atoms with Crippen molar-refractivity contribution in [2.75, 3.05) is 0 Å². The standard InChI is InChI=1S/C13H13N/c1-10-8-14-9-11(2)13(10)12-6-4-3-5-7-12/h3-9H,1-2H3. The minimum atomic E-state index is 1.23. The Morgan fingerprint density at radius 3 is 2.00 bits per heavy atom. The summed E-state index contributed by atoms with van der Waals surface area (Å²) in [5.74, 6) is 0. The molecule has 0 fully saturated rings. The number of hydrogen-bond donors (Lipinski definition) is 0. The van der Waals surface area contributed by atoms with E-state index in [-0.39, 0.29) is 0 Å². The second-order valence-electron chi connectivity index (χ2n) is 3.51. The highest BCUT2D eigenvalue weighted by molar-refractivity contribution is 5.69. The molecule has 0 aliphatic carbocycles. The van der Waals surface area contributed by atoms with Crippen molar-refractivity contribution in [2.45, 2.75) is 13.8 Å². The van der Waals surface area contributed by atoms with Gasteiger partial charge in [0, 0.05) is 12.4 Å². The summed E-state index contributed by atoms with van der Waals surface area (Å²) >= 11 is 0. The van der Waals surface area contributed by atoms with Gasteiger partial charge < -0.3 is 0 Å². The summed E-state index contributed by atoms with van der Waals surface area (Å²) in [6.07, 6.45) is 3.82. The van der Waals surface area contributed by atoms with E-state index in [1.54, 1.807) is 0 Å². The van der Waals surface area contributed by atoms with Gasteiger partial charge in [-0.25, -0.2) is 0 Å². The van der Waals surface area contributed by atoms with Crippen LogP contribution in [0.2, 0.25) is 0 Å². The number of rotatable bonds is 1. The molecule has 0 atom stereocenters. The van der Waals surface area contributed by atoms with Gasteiger partial charge in [-0.15, -0.1) is 0 Å². The van der Waals surface area contributed by atoms with Crippen LogP contribution in [0.5, 0.6) is 0 Å². The van der Waals surface area contributed by atoms with E-state index in [0.29, 0.717) is 0 Å². The molecule has 0 aliphatic rings. The van der Waals surface area contributed by atoms with Crippen LogP contribution in [0.15, 0.2) is 42.7 Å². The summed E-state index contributed by atoms with van der Waals surface area (Å²) in [6, 6.07) is 10.4. The number of pyridine rings is 1. The molecule has 0 spiro atoms. The minimum absolute atomic E-state index is 1.23. The second kappa shape index (κ2) is 3.62. The summed E-state index contributed by atoms with van der Waals surface area (Å²) in [6.45, 7) is 4.20. The molecule has 0 unspecified atom stereocenters. The van der Waals surface area contributed by atoms with Crippen LogP contribution in [0.25, 0.3) is 11.1 Å². The van der Waals surface area contributed by atoms with Crippen molar-refractivity contribution < 1.29 is 0 Å². The summed E-state index contributed by atoms with van der Waals surface area (Å²) < 4.78 is 0. The zero-order valence-electron chi connectivity index (χ0n) is 8.49. The first kappa shape index (κ1) is 8.95. The fourth-order valence-corrected chi connectivity index (χ4v) is 1.76. The van der Waals surface area contributed by atoms with Gasteiger partial charge >= 0.3 is 0 Å². The van der Waals surface area contributed by atoms with Gasteiger partial charge in [0.25, 0.3) is 0 Å². The molecule has 0 aliphatic heterocycles. The monoisotopic (exact) mass is 183 g/mol. The largest absolute Gasteiger partial charge is 0.264 e. The van der Waals surface area contributed by atoms with E-state index in [2.05, 4.69) is 43.1 Å². The Balaban J connectivity index is 2.63. The van der Waals surface area contributed by atoms with Crippen molar-refractivity contribution >= 4 is 0 Å². The van der Waals surface area contributed by atoms with Gasteiger partial charge in [0.05, 0.1) is 0 Å². The maximum Gasteiger partial charge on any atom is 0.0303 e. The SMILES string of the molecule is Cc1cncc(C)c1-c1ccccc1. The molecule has 1 heterocycles. The molecular weight excluding hydrogens is 170 g/mol. The zero-order chi connectivity index (χ0) is 9.97. The molecule has 14 heavy (non-hydrogen) atoms. The van der Waals surface area contributed by atoms with Crippen molar-refractivity contribution in [2.24, 2.45) is 0 Å². The first-order valence-corrected chi connectivity index (χ1v) is 4.75. The van der Waals surface area contributed by atoms with Crippen LogP contribution in [-0.2, 0) is 0 Å². The second-order valence-corrected chi connectivity index (χ2v) is 3.51. The first-order chi connectivity index (χ1) is 6.79. The normalized spacial score (nSPS) is 10.1. The van der Waals surface area contributed by atoms with E-state index in [9.17, 15) is 0 Å². The van der Waals surface area contributed by atoms with E-state index in [1.165, 1.54) is 22.3 Å². The molecule has 0 amide bonds. The maximum absolute atomic E-state index is 4.17. The average Bonchev–Trinajstić information content (AvgIpc) is 2.19. The fourth-order valence-electron chi connectivity index (χ4n) is 1.76. The van der Waals surface area contributed by atoms with Gasteiger partial charge in [0.1, 0.15) is 0 Å². The van der Waals surface area contributed by atoms with Crippen molar-refractivity contribution in [3.05, 3.63) is 53.9 Å². The van der Waals surface area contributed by atoms with E-state index < -0.39 is 0 Å². The van der Waals surface area contributed by atoms with Crippen LogP contribution in [0.3, 0.4) is 0 Å². The third-order valence-electron chi connectivity index (χ3n) is 2.39. The van der Waals surface area contributed by atoms with Crippen molar-refractivity contribution in [1.29, 1.82) is 0 Å². The number of aryl methyl sites for hydroxylation is 2.